The summed E-state index contributed by atoms with van der Waals surface area (Å²) in [6.45, 7) is 0.603. The van der Waals surface area contributed by atoms with Crippen LogP contribution in [-0.2, 0) is 20.7 Å². The first-order valence-corrected chi connectivity index (χ1v) is 6.56. The van der Waals surface area contributed by atoms with Gasteiger partial charge in [0.2, 0.25) is 5.91 Å². The fourth-order valence-corrected chi connectivity index (χ4v) is 2.04. The predicted molar refractivity (Wildman–Crippen MR) is 76.1 cm³/mol. The van der Waals surface area contributed by atoms with Crippen LogP contribution in [0.5, 0.6) is 5.75 Å². The van der Waals surface area contributed by atoms with Crippen LogP contribution in [0.3, 0.4) is 0 Å². The Balaban J connectivity index is 1.97. The fraction of sp³-hybridized carbons (Fsp3) is 0.333. The summed E-state index contributed by atoms with van der Waals surface area (Å²) in [6, 6.07) is 4.61. The lowest BCUT2D eigenvalue weighted by Gasteiger charge is -2.11. The zero-order chi connectivity index (χ0) is 15.2. The molecule has 1 atom stereocenters. The molecule has 0 bridgehead atoms. The lowest BCUT2D eigenvalue weighted by atomic mass is 10.1. The van der Waals surface area contributed by atoms with Gasteiger partial charge in [0.15, 0.2) is 6.04 Å². The first-order chi connectivity index (χ1) is 10.1. The molecule has 1 amide bonds. The number of nitrogens with one attached hydrogen (secondary N) is 1. The van der Waals surface area contributed by atoms with Crippen LogP contribution in [0.1, 0.15) is 11.1 Å². The fourth-order valence-electron chi connectivity index (χ4n) is 2.04. The summed E-state index contributed by atoms with van der Waals surface area (Å²) < 4.78 is 10.1. The number of aliphatic carboxylic acids is 1. The maximum atomic E-state index is 11.7. The van der Waals surface area contributed by atoms with Crippen LogP contribution >= 0.6 is 0 Å². The van der Waals surface area contributed by atoms with Crippen molar-refractivity contribution in [1.29, 1.82) is 0 Å². The minimum Gasteiger partial charge on any atom is -0.493 e. The van der Waals surface area contributed by atoms with E-state index in [2.05, 4.69) is 5.32 Å². The highest BCUT2D eigenvalue weighted by Gasteiger charge is 2.18. The molecule has 0 aliphatic carbocycles. The van der Waals surface area contributed by atoms with Gasteiger partial charge in [-0.1, -0.05) is 6.07 Å². The molecule has 0 saturated carbocycles. The molecule has 0 fully saturated rings. The Morgan fingerprint density at radius 3 is 3.05 bits per heavy atom. The third kappa shape index (κ3) is 4.06. The highest BCUT2D eigenvalue weighted by atomic mass is 16.5. The number of carbonyl (C=O) groups is 2. The van der Waals surface area contributed by atoms with Crippen LogP contribution in [0.15, 0.2) is 24.3 Å². The maximum absolute atomic E-state index is 11.7. The van der Waals surface area contributed by atoms with E-state index in [1.165, 1.54) is 13.2 Å². The summed E-state index contributed by atoms with van der Waals surface area (Å²) in [5, 5.41) is 11.3. The van der Waals surface area contributed by atoms with Crippen LogP contribution in [0, 0.1) is 0 Å². The highest BCUT2D eigenvalue weighted by Crippen LogP contribution is 2.26. The molecular weight excluding hydrogens is 274 g/mol. The van der Waals surface area contributed by atoms with Crippen LogP contribution < -0.4 is 10.1 Å². The van der Waals surface area contributed by atoms with Crippen molar-refractivity contribution in [2.45, 2.75) is 12.5 Å². The van der Waals surface area contributed by atoms with Gasteiger partial charge in [-0.15, -0.1) is 0 Å². The minimum atomic E-state index is -1.13. The van der Waals surface area contributed by atoms with Gasteiger partial charge in [0.05, 0.1) is 13.2 Å². The Kier molecular flexibility index (Phi) is 4.94. The Hall–Kier alpha value is -2.34. The smallest absolute Gasteiger partial charge is 0.328 e. The van der Waals surface area contributed by atoms with Gasteiger partial charge >= 0.3 is 5.97 Å². The zero-order valence-corrected chi connectivity index (χ0v) is 11.7. The van der Waals surface area contributed by atoms with E-state index in [0.717, 1.165) is 23.3 Å². The quantitative estimate of drug-likeness (QED) is 0.759. The predicted octanol–water partition coefficient (Wildman–Crippen LogP) is 0.851. The maximum Gasteiger partial charge on any atom is 0.328 e. The van der Waals surface area contributed by atoms with Crippen molar-refractivity contribution in [2.75, 3.05) is 20.3 Å². The van der Waals surface area contributed by atoms with E-state index in [1.54, 1.807) is 6.08 Å². The molecule has 1 aliphatic heterocycles. The summed E-state index contributed by atoms with van der Waals surface area (Å²) in [5.74, 6) is -0.730. The van der Waals surface area contributed by atoms with Gasteiger partial charge < -0.3 is 19.9 Å². The molecule has 1 unspecified atom stereocenters. The number of carbonyl (C=O) groups excluding carboxylic acids is 1. The molecule has 1 aromatic rings. The molecule has 0 radical (unpaired) electrons. The normalized spacial score (nSPS) is 14.5. The number of carboxylic acids is 1. The number of hydrogen-bond acceptors (Lipinski definition) is 4. The zero-order valence-electron chi connectivity index (χ0n) is 11.7. The Morgan fingerprint density at radius 2 is 2.33 bits per heavy atom. The van der Waals surface area contributed by atoms with Gasteiger partial charge in [0, 0.05) is 19.6 Å². The van der Waals surface area contributed by atoms with Crippen LogP contribution in [0.25, 0.3) is 6.08 Å². The summed E-state index contributed by atoms with van der Waals surface area (Å²) in [4.78, 5) is 22.6. The Bertz CT molecular complexity index is 567. The average molecular weight is 291 g/mol. The lowest BCUT2D eigenvalue weighted by molar-refractivity contribution is -0.142. The molecule has 112 valence electrons. The van der Waals surface area contributed by atoms with Crippen molar-refractivity contribution in [1.82, 2.24) is 5.32 Å². The summed E-state index contributed by atoms with van der Waals surface area (Å²) >= 11 is 0. The van der Waals surface area contributed by atoms with E-state index in [4.69, 9.17) is 14.6 Å². The van der Waals surface area contributed by atoms with Gasteiger partial charge in [0.1, 0.15) is 5.75 Å². The highest BCUT2D eigenvalue weighted by molar-refractivity contribution is 5.94. The van der Waals surface area contributed by atoms with Crippen molar-refractivity contribution in [3.63, 3.8) is 0 Å². The third-order valence-electron chi connectivity index (χ3n) is 3.09. The van der Waals surface area contributed by atoms with Gasteiger partial charge in [0.25, 0.3) is 0 Å². The SMILES string of the molecule is COCC(NC(=O)/C=C/c1ccc2c(c1)CCO2)C(=O)O. The van der Waals surface area contributed by atoms with E-state index in [1.807, 2.05) is 18.2 Å². The standard InChI is InChI=1S/C15H17NO5/c1-20-9-12(15(18)19)16-14(17)5-3-10-2-4-13-11(8-10)6-7-21-13/h2-5,8,12H,6-7,9H2,1H3,(H,16,17)(H,18,19)/b5-3+. The number of fused-ring (bicyclic) bond motifs is 1. The largest absolute Gasteiger partial charge is 0.493 e. The average Bonchev–Trinajstić information content (AvgIpc) is 2.92. The summed E-state index contributed by atoms with van der Waals surface area (Å²) in [6.07, 6.45) is 3.81. The van der Waals surface area contributed by atoms with E-state index in [0.29, 0.717) is 6.61 Å². The van der Waals surface area contributed by atoms with Crippen LogP contribution in [0.2, 0.25) is 0 Å². The molecule has 0 saturated heterocycles. The number of rotatable bonds is 6. The van der Waals surface area contributed by atoms with E-state index in [-0.39, 0.29) is 6.61 Å². The third-order valence-corrected chi connectivity index (χ3v) is 3.09. The molecule has 1 aromatic carbocycles. The first kappa shape index (κ1) is 15.1. The van der Waals surface area contributed by atoms with E-state index in [9.17, 15) is 9.59 Å². The number of ether oxygens (including phenoxy) is 2. The second-order valence-corrected chi connectivity index (χ2v) is 4.65. The second-order valence-electron chi connectivity index (χ2n) is 4.65. The van der Waals surface area contributed by atoms with Gasteiger partial charge in [-0.05, 0) is 29.3 Å². The first-order valence-electron chi connectivity index (χ1n) is 6.56. The van der Waals surface area contributed by atoms with E-state index >= 15 is 0 Å². The summed E-state index contributed by atoms with van der Waals surface area (Å²) in [5.41, 5.74) is 1.98. The molecule has 2 N–H and O–H groups in total. The van der Waals surface area contributed by atoms with Crippen molar-refractivity contribution < 1.29 is 24.2 Å². The number of hydrogen-bond donors (Lipinski definition) is 2. The molecule has 6 heteroatoms. The molecule has 6 nitrogen and oxygen atoms in total. The van der Waals surface area contributed by atoms with Gasteiger partial charge in [-0.2, -0.15) is 0 Å². The Morgan fingerprint density at radius 1 is 1.52 bits per heavy atom. The minimum absolute atomic E-state index is 0.0783. The number of methoxy groups -OCH3 is 1. The van der Waals surface area contributed by atoms with Gasteiger partial charge in [-0.25, -0.2) is 4.79 Å². The lowest BCUT2D eigenvalue weighted by Crippen LogP contribution is -2.43. The molecule has 1 aliphatic rings. The van der Waals surface area contributed by atoms with Crippen LogP contribution in [0.4, 0.5) is 0 Å². The van der Waals surface area contributed by atoms with E-state index < -0.39 is 17.9 Å². The topological polar surface area (TPSA) is 84.9 Å². The molecule has 0 aromatic heterocycles. The van der Waals surface area contributed by atoms with Crippen LogP contribution in [-0.4, -0.2) is 43.3 Å². The summed E-state index contributed by atoms with van der Waals surface area (Å²) in [7, 11) is 1.38. The Labute approximate surface area is 122 Å². The number of carboxylic acid groups (broad SMARTS) is 1. The van der Waals surface area contributed by atoms with Gasteiger partial charge in [-0.3, -0.25) is 4.79 Å². The molecule has 0 spiro atoms. The second kappa shape index (κ2) is 6.90. The molecule has 21 heavy (non-hydrogen) atoms. The monoisotopic (exact) mass is 291 g/mol. The van der Waals surface area contributed by atoms with Crippen molar-refractivity contribution in [3.8, 4) is 5.75 Å². The molecular formula is C15H17NO5. The van der Waals surface area contributed by atoms with Crippen molar-refractivity contribution in [2.24, 2.45) is 0 Å². The molecule has 2 rings (SSSR count). The van der Waals surface area contributed by atoms with Crippen molar-refractivity contribution in [3.05, 3.63) is 35.4 Å². The molecule has 1 heterocycles. The van der Waals surface area contributed by atoms with Crippen molar-refractivity contribution >= 4 is 18.0 Å². The number of amides is 1. The number of benzene rings is 1.